The maximum Gasteiger partial charge on any atom is 0.204 e. The van der Waals surface area contributed by atoms with E-state index in [4.69, 9.17) is 4.74 Å². The summed E-state index contributed by atoms with van der Waals surface area (Å²) in [7, 11) is 0. The summed E-state index contributed by atoms with van der Waals surface area (Å²) in [5, 5.41) is 16.7. The molecule has 1 unspecified atom stereocenters. The molecule has 12 heavy (non-hydrogen) atoms. The van der Waals surface area contributed by atoms with E-state index in [9.17, 15) is 0 Å². The minimum atomic E-state index is -0.0394. The zero-order valence-electron chi connectivity index (χ0n) is 6.36. The van der Waals surface area contributed by atoms with E-state index in [1.54, 1.807) is 0 Å². The topological polar surface area (TPSA) is 75.7 Å². The molecule has 1 saturated heterocycles. The summed E-state index contributed by atoms with van der Waals surface area (Å²) in [4.78, 5) is 0. The van der Waals surface area contributed by atoms with Crippen LogP contribution in [0.15, 0.2) is 0 Å². The highest BCUT2D eigenvalue weighted by atomic mass is 35.5. The monoisotopic (exact) mass is 191 g/mol. The summed E-state index contributed by atoms with van der Waals surface area (Å²) in [6, 6.07) is 0. The van der Waals surface area contributed by atoms with Crippen LogP contribution in [-0.2, 0) is 4.74 Å². The van der Waals surface area contributed by atoms with Crippen LogP contribution in [0.2, 0.25) is 0 Å². The Balaban J connectivity index is 0.000000720. The Morgan fingerprint density at radius 1 is 1.50 bits per heavy atom. The van der Waals surface area contributed by atoms with Gasteiger partial charge in [0.1, 0.15) is 6.10 Å². The number of tetrazole rings is 1. The number of ether oxygens (including phenoxy) is 1. The standard InChI is InChI=1S/C5H9N5O.ClH/c1-2-11-4(3-6-1)5-7-9-10-8-5;/h4,6H,1-3H2,(H,7,8,9,10);1H. The Morgan fingerprint density at radius 2 is 2.42 bits per heavy atom. The fourth-order valence-corrected chi connectivity index (χ4v) is 1.04. The molecule has 2 rings (SSSR count). The van der Waals surface area contributed by atoms with Crippen LogP contribution in [0.5, 0.6) is 0 Å². The van der Waals surface area contributed by atoms with Crippen molar-refractivity contribution in [3.63, 3.8) is 0 Å². The highest BCUT2D eigenvalue weighted by Crippen LogP contribution is 2.11. The van der Waals surface area contributed by atoms with E-state index in [1.165, 1.54) is 0 Å². The number of nitrogens with zero attached hydrogens (tertiary/aromatic N) is 3. The number of hydrogen-bond donors (Lipinski definition) is 2. The van der Waals surface area contributed by atoms with E-state index < -0.39 is 0 Å². The molecule has 0 aromatic carbocycles. The first-order chi connectivity index (χ1) is 5.47. The molecule has 1 aliphatic heterocycles. The Kier molecular flexibility index (Phi) is 3.39. The molecule has 0 radical (unpaired) electrons. The van der Waals surface area contributed by atoms with Gasteiger partial charge >= 0.3 is 0 Å². The number of rotatable bonds is 1. The maximum atomic E-state index is 5.37. The lowest BCUT2D eigenvalue weighted by atomic mass is 10.3. The van der Waals surface area contributed by atoms with Crippen LogP contribution < -0.4 is 5.32 Å². The van der Waals surface area contributed by atoms with Crippen LogP contribution in [0.3, 0.4) is 0 Å². The van der Waals surface area contributed by atoms with Crippen LogP contribution >= 0.6 is 12.4 Å². The Labute approximate surface area is 75.5 Å². The van der Waals surface area contributed by atoms with Gasteiger partial charge in [-0.05, 0) is 0 Å². The van der Waals surface area contributed by atoms with E-state index >= 15 is 0 Å². The average Bonchev–Trinajstić information content (AvgIpc) is 2.58. The zero-order valence-corrected chi connectivity index (χ0v) is 7.17. The van der Waals surface area contributed by atoms with Crippen LogP contribution in [-0.4, -0.2) is 40.3 Å². The highest BCUT2D eigenvalue weighted by Gasteiger charge is 2.18. The summed E-state index contributed by atoms with van der Waals surface area (Å²) in [6.07, 6.45) is -0.0394. The van der Waals surface area contributed by atoms with Gasteiger partial charge in [0.05, 0.1) is 6.61 Å². The second-order valence-corrected chi connectivity index (χ2v) is 2.33. The van der Waals surface area contributed by atoms with Crippen molar-refractivity contribution in [2.24, 2.45) is 0 Å². The molecule has 6 nitrogen and oxygen atoms in total. The molecule has 7 heteroatoms. The van der Waals surface area contributed by atoms with Gasteiger partial charge in [0.25, 0.3) is 0 Å². The fourth-order valence-electron chi connectivity index (χ4n) is 1.04. The van der Waals surface area contributed by atoms with Crippen molar-refractivity contribution >= 4 is 12.4 Å². The minimum Gasteiger partial charge on any atom is -0.367 e. The molecule has 68 valence electrons. The molecule has 2 N–H and O–H groups in total. The summed E-state index contributed by atoms with van der Waals surface area (Å²) in [5.74, 6) is 0.622. The minimum absolute atomic E-state index is 0. The lowest BCUT2D eigenvalue weighted by molar-refractivity contribution is 0.0221. The van der Waals surface area contributed by atoms with Crippen LogP contribution in [0.25, 0.3) is 0 Å². The van der Waals surface area contributed by atoms with Gasteiger partial charge in [0.2, 0.25) is 5.82 Å². The third-order valence-electron chi connectivity index (χ3n) is 1.58. The molecular weight excluding hydrogens is 182 g/mol. The predicted octanol–water partition coefficient (Wildman–Crippen LogP) is -0.718. The molecule has 1 aromatic heterocycles. The SMILES string of the molecule is C1COC(c2nn[nH]n2)CN1.Cl. The van der Waals surface area contributed by atoms with E-state index in [-0.39, 0.29) is 18.5 Å². The quantitative estimate of drug-likeness (QED) is 0.613. The number of halogens is 1. The number of nitrogens with one attached hydrogen (secondary N) is 2. The van der Waals surface area contributed by atoms with Crippen molar-refractivity contribution in [1.82, 2.24) is 25.9 Å². The Bertz CT molecular complexity index is 210. The van der Waals surface area contributed by atoms with E-state index in [2.05, 4.69) is 25.9 Å². The maximum absolute atomic E-state index is 5.37. The molecular formula is C5H10ClN5O. The van der Waals surface area contributed by atoms with Gasteiger partial charge < -0.3 is 10.1 Å². The van der Waals surface area contributed by atoms with Gasteiger partial charge in [-0.3, -0.25) is 0 Å². The molecule has 2 heterocycles. The molecule has 0 saturated carbocycles. The second-order valence-electron chi connectivity index (χ2n) is 2.33. The summed E-state index contributed by atoms with van der Waals surface area (Å²) >= 11 is 0. The van der Waals surface area contributed by atoms with Gasteiger partial charge in [-0.15, -0.1) is 22.6 Å². The lowest BCUT2D eigenvalue weighted by Crippen LogP contribution is -2.33. The van der Waals surface area contributed by atoms with Crippen molar-refractivity contribution in [3.05, 3.63) is 5.82 Å². The van der Waals surface area contributed by atoms with Gasteiger partial charge in [-0.1, -0.05) is 5.21 Å². The van der Waals surface area contributed by atoms with Gasteiger partial charge in [-0.25, -0.2) is 0 Å². The third-order valence-corrected chi connectivity index (χ3v) is 1.58. The van der Waals surface area contributed by atoms with Crippen molar-refractivity contribution in [2.75, 3.05) is 19.7 Å². The average molecular weight is 192 g/mol. The third kappa shape index (κ3) is 1.90. The van der Waals surface area contributed by atoms with Crippen LogP contribution in [0, 0.1) is 0 Å². The first-order valence-electron chi connectivity index (χ1n) is 3.52. The van der Waals surface area contributed by atoms with Crippen molar-refractivity contribution in [2.45, 2.75) is 6.10 Å². The molecule has 0 spiro atoms. The van der Waals surface area contributed by atoms with E-state index in [0.717, 1.165) is 13.1 Å². The molecule has 0 aliphatic carbocycles. The normalized spacial score (nSPS) is 23.2. The fraction of sp³-hybridized carbons (Fsp3) is 0.800. The second kappa shape index (κ2) is 4.34. The Morgan fingerprint density at radius 3 is 3.00 bits per heavy atom. The van der Waals surface area contributed by atoms with E-state index in [1.807, 2.05) is 0 Å². The number of hydrogen-bond acceptors (Lipinski definition) is 5. The molecule has 1 fully saturated rings. The molecule has 0 amide bonds. The predicted molar refractivity (Wildman–Crippen MR) is 43.0 cm³/mol. The van der Waals surface area contributed by atoms with Crippen LogP contribution in [0.1, 0.15) is 11.9 Å². The summed E-state index contributed by atoms with van der Waals surface area (Å²) in [5.41, 5.74) is 0. The number of aromatic nitrogens is 4. The first kappa shape index (κ1) is 9.37. The molecule has 1 atom stereocenters. The number of aromatic amines is 1. The van der Waals surface area contributed by atoms with Gasteiger partial charge in [0, 0.05) is 13.1 Å². The Hall–Kier alpha value is -0.720. The van der Waals surface area contributed by atoms with E-state index in [0.29, 0.717) is 12.4 Å². The highest BCUT2D eigenvalue weighted by molar-refractivity contribution is 5.85. The zero-order chi connectivity index (χ0) is 7.52. The van der Waals surface area contributed by atoms with Gasteiger partial charge in [-0.2, -0.15) is 5.21 Å². The molecule has 1 aromatic rings. The van der Waals surface area contributed by atoms with Crippen molar-refractivity contribution in [1.29, 1.82) is 0 Å². The van der Waals surface area contributed by atoms with Crippen molar-refractivity contribution < 1.29 is 4.74 Å². The smallest absolute Gasteiger partial charge is 0.204 e. The van der Waals surface area contributed by atoms with Crippen LogP contribution in [0.4, 0.5) is 0 Å². The largest absolute Gasteiger partial charge is 0.367 e. The molecule has 1 aliphatic rings. The summed E-state index contributed by atoms with van der Waals surface area (Å²) < 4.78 is 5.37. The number of morpholine rings is 1. The molecule has 0 bridgehead atoms. The lowest BCUT2D eigenvalue weighted by Gasteiger charge is -2.20. The summed E-state index contributed by atoms with van der Waals surface area (Å²) in [6.45, 7) is 2.37. The van der Waals surface area contributed by atoms with Crippen molar-refractivity contribution in [3.8, 4) is 0 Å². The first-order valence-corrected chi connectivity index (χ1v) is 3.52. The number of H-pyrrole nitrogens is 1. The van der Waals surface area contributed by atoms with Gasteiger partial charge in [0.15, 0.2) is 0 Å².